The average molecular weight is 411 g/mol. The Hall–Kier alpha value is -3.43. The smallest absolute Gasteiger partial charge is 0.261 e. The molecule has 1 unspecified atom stereocenters. The number of halogens is 2. The molecule has 4 aromatic rings. The van der Waals surface area contributed by atoms with Crippen LogP contribution in [0.15, 0.2) is 41.5 Å². The zero-order chi connectivity index (χ0) is 20.8. The highest BCUT2D eigenvalue weighted by molar-refractivity contribution is 5.77. The number of rotatable bonds is 4. The summed E-state index contributed by atoms with van der Waals surface area (Å²) in [5.41, 5.74) is 0.832. The third-order valence-corrected chi connectivity index (χ3v) is 5.42. The van der Waals surface area contributed by atoms with Crippen LogP contribution in [0.5, 0.6) is 0 Å². The second kappa shape index (κ2) is 7.12. The molecule has 1 atom stereocenters. The Morgan fingerprint density at radius 3 is 2.90 bits per heavy atom. The molecular weight excluding hydrogens is 392 g/mol. The summed E-state index contributed by atoms with van der Waals surface area (Å²) in [6, 6.07) is 8.40. The minimum atomic E-state index is -2.66. The Kier molecular flexibility index (Phi) is 4.41. The van der Waals surface area contributed by atoms with Crippen LogP contribution in [0.25, 0.3) is 16.7 Å². The third-order valence-electron chi connectivity index (χ3n) is 5.42. The number of fused-ring (bicyclic) bond motifs is 2. The minimum absolute atomic E-state index is 0.338. The molecule has 1 aliphatic heterocycles. The molecule has 0 spiro atoms. The summed E-state index contributed by atoms with van der Waals surface area (Å²) in [7, 11) is 0. The first-order valence-corrected chi connectivity index (χ1v) is 9.74. The standard InChI is InChI=1S/C20H19F2N7O/c1-12-9-17(29-20(25-12)23-11-24-29)27-8-4-7-15(27)18-26-14-6-3-2-5-13(14)19(30)28(18)10-16(21)22/h2-3,5-6,9,11,15-16H,4,7-8,10H2,1H3. The monoisotopic (exact) mass is 411 g/mol. The predicted molar refractivity (Wildman–Crippen MR) is 107 cm³/mol. The molecule has 0 saturated carbocycles. The van der Waals surface area contributed by atoms with Gasteiger partial charge >= 0.3 is 0 Å². The normalized spacial score (nSPS) is 16.9. The Balaban J connectivity index is 1.70. The van der Waals surface area contributed by atoms with Gasteiger partial charge < -0.3 is 4.90 Å². The van der Waals surface area contributed by atoms with Gasteiger partial charge in [0.25, 0.3) is 17.8 Å². The lowest BCUT2D eigenvalue weighted by Gasteiger charge is -2.28. The predicted octanol–water partition coefficient (Wildman–Crippen LogP) is 2.75. The first kappa shape index (κ1) is 18.6. The summed E-state index contributed by atoms with van der Waals surface area (Å²) in [4.78, 5) is 28.3. The van der Waals surface area contributed by atoms with Gasteiger partial charge in [-0.1, -0.05) is 12.1 Å². The van der Waals surface area contributed by atoms with Crippen LogP contribution < -0.4 is 10.5 Å². The molecule has 0 aliphatic carbocycles. The van der Waals surface area contributed by atoms with Crippen molar-refractivity contribution in [2.75, 3.05) is 11.4 Å². The Labute approximate surface area is 169 Å². The van der Waals surface area contributed by atoms with Gasteiger partial charge in [-0.25, -0.2) is 18.7 Å². The molecular formula is C20H19F2N7O. The van der Waals surface area contributed by atoms with E-state index in [1.807, 2.05) is 13.0 Å². The number of hydrogen-bond donors (Lipinski definition) is 0. The number of nitrogens with zero attached hydrogens (tertiary/aromatic N) is 7. The van der Waals surface area contributed by atoms with Crippen LogP contribution in [0.4, 0.5) is 14.6 Å². The van der Waals surface area contributed by atoms with Crippen molar-refractivity contribution in [3.8, 4) is 0 Å². The lowest BCUT2D eigenvalue weighted by molar-refractivity contribution is 0.123. The van der Waals surface area contributed by atoms with Crippen LogP contribution >= 0.6 is 0 Å². The van der Waals surface area contributed by atoms with Gasteiger partial charge in [-0.05, 0) is 31.9 Å². The molecule has 4 heterocycles. The van der Waals surface area contributed by atoms with E-state index in [9.17, 15) is 13.6 Å². The van der Waals surface area contributed by atoms with E-state index in [4.69, 9.17) is 0 Å². The molecule has 5 rings (SSSR count). The molecule has 3 aromatic heterocycles. The molecule has 1 aromatic carbocycles. The van der Waals surface area contributed by atoms with Gasteiger partial charge in [0.1, 0.15) is 18.0 Å². The number of aromatic nitrogens is 6. The van der Waals surface area contributed by atoms with Crippen molar-refractivity contribution >= 4 is 22.5 Å². The maximum absolute atomic E-state index is 13.4. The van der Waals surface area contributed by atoms with Crippen LogP contribution in [0, 0.1) is 6.92 Å². The number of anilines is 1. The van der Waals surface area contributed by atoms with Crippen molar-refractivity contribution in [1.29, 1.82) is 0 Å². The molecule has 1 saturated heterocycles. The number of benzene rings is 1. The number of aryl methyl sites for hydroxylation is 1. The zero-order valence-corrected chi connectivity index (χ0v) is 16.2. The molecule has 0 N–H and O–H groups in total. The van der Waals surface area contributed by atoms with Crippen molar-refractivity contribution in [2.45, 2.75) is 38.8 Å². The maximum Gasteiger partial charge on any atom is 0.261 e. The van der Waals surface area contributed by atoms with E-state index in [1.54, 1.807) is 28.8 Å². The molecule has 0 radical (unpaired) electrons. The third kappa shape index (κ3) is 2.99. The van der Waals surface area contributed by atoms with Gasteiger partial charge in [0.05, 0.1) is 23.5 Å². The molecule has 0 amide bonds. The SMILES string of the molecule is Cc1cc(N2CCCC2c2nc3ccccc3c(=O)n2CC(F)F)n2ncnc2n1. The van der Waals surface area contributed by atoms with Crippen molar-refractivity contribution in [2.24, 2.45) is 0 Å². The lowest BCUT2D eigenvalue weighted by atomic mass is 10.1. The van der Waals surface area contributed by atoms with Gasteiger partial charge in [0.2, 0.25) is 0 Å². The molecule has 10 heteroatoms. The van der Waals surface area contributed by atoms with Gasteiger partial charge in [-0.2, -0.15) is 14.6 Å². The molecule has 1 aliphatic rings. The highest BCUT2D eigenvalue weighted by Gasteiger charge is 2.33. The van der Waals surface area contributed by atoms with E-state index in [1.165, 1.54) is 6.33 Å². The second-order valence-corrected chi connectivity index (χ2v) is 7.37. The van der Waals surface area contributed by atoms with Crippen molar-refractivity contribution in [3.63, 3.8) is 0 Å². The van der Waals surface area contributed by atoms with Crippen molar-refractivity contribution in [1.82, 2.24) is 29.1 Å². The number of hydrogen-bond acceptors (Lipinski definition) is 6. The Morgan fingerprint density at radius 2 is 2.07 bits per heavy atom. The number of para-hydroxylation sites is 1. The first-order chi connectivity index (χ1) is 14.5. The fourth-order valence-electron chi connectivity index (χ4n) is 4.18. The van der Waals surface area contributed by atoms with Gasteiger partial charge in [0, 0.05) is 18.3 Å². The van der Waals surface area contributed by atoms with E-state index in [0.29, 0.717) is 35.5 Å². The molecule has 154 valence electrons. The summed E-state index contributed by atoms with van der Waals surface area (Å²) in [5.74, 6) is 1.56. The topological polar surface area (TPSA) is 81.2 Å². The molecule has 8 nitrogen and oxygen atoms in total. The summed E-state index contributed by atoms with van der Waals surface area (Å²) in [6.45, 7) is 1.86. The highest BCUT2D eigenvalue weighted by Crippen LogP contribution is 2.35. The van der Waals surface area contributed by atoms with Gasteiger partial charge in [0.15, 0.2) is 0 Å². The average Bonchev–Trinajstić information content (AvgIpc) is 3.38. The largest absolute Gasteiger partial charge is 0.346 e. The Morgan fingerprint density at radius 1 is 1.23 bits per heavy atom. The fraction of sp³-hybridized carbons (Fsp3) is 0.350. The lowest BCUT2D eigenvalue weighted by Crippen LogP contribution is -2.34. The second-order valence-electron chi connectivity index (χ2n) is 7.37. The van der Waals surface area contributed by atoms with Crippen LogP contribution in [-0.4, -0.2) is 42.1 Å². The van der Waals surface area contributed by atoms with Crippen LogP contribution in [0.2, 0.25) is 0 Å². The summed E-state index contributed by atoms with van der Waals surface area (Å²) in [6.07, 6.45) is 0.284. The molecule has 1 fully saturated rings. The Bertz CT molecular complexity index is 1300. The van der Waals surface area contributed by atoms with E-state index in [-0.39, 0.29) is 6.04 Å². The van der Waals surface area contributed by atoms with Crippen molar-refractivity contribution in [3.05, 3.63) is 58.5 Å². The van der Waals surface area contributed by atoms with Crippen LogP contribution in [-0.2, 0) is 6.54 Å². The van der Waals surface area contributed by atoms with Crippen LogP contribution in [0.1, 0.15) is 30.4 Å². The highest BCUT2D eigenvalue weighted by atomic mass is 19.3. The molecule has 0 bridgehead atoms. The zero-order valence-electron chi connectivity index (χ0n) is 16.2. The first-order valence-electron chi connectivity index (χ1n) is 9.74. The van der Waals surface area contributed by atoms with Crippen LogP contribution in [0.3, 0.4) is 0 Å². The van der Waals surface area contributed by atoms with Gasteiger partial charge in [-0.3, -0.25) is 9.36 Å². The van der Waals surface area contributed by atoms with Crippen molar-refractivity contribution < 1.29 is 8.78 Å². The van der Waals surface area contributed by atoms with E-state index < -0.39 is 18.5 Å². The minimum Gasteiger partial charge on any atom is -0.346 e. The van der Waals surface area contributed by atoms with Gasteiger partial charge in [-0.15, -0.1) is 0 Å². The summed E-state index contributed by atoms with van der Waals surface area (Å²) in [5, 5.41) is 4.60. The summed E-state index contributed by atoms with van der Waals surface area (Å²) < 4.78 is 29.5. The number of alkyl halides is 2. The quantitative estimate of drug-likeness (QED) is 0.514. The molecule has 30 heavy (non-hydrogen) atoms. The van der Waals surface area contributed by atoms with E-state index in [0.717, 1.165) is 22.5 Å². The summed E-state index contributed by atoms with van der Waals surface area (Å²) >= 11 is 0. The van der Waals surface area contributed by atoms with E-state index in [2.05, 4.69) is 25.0 Å². The fourth-order valence-corrected chi connectivity index (χ4v) is 4.18. The van der Waals surface area contributed by atoms with E-state index >= 15 is 0 Å². The maximum atomic E-state index is 13.4.